The minimum absolute atomic E-state index is 0.0892. The van der Waals surface area contributed by atoms with Gasteiger partial charge in [0.2, 0.25) is 0 Å². The van der Waals surface area contributed by atoms with Crippen LogP contribution in [0.5, 0.6) is 0 Å². The Hall–Kier alpha value is -3.52. The molecule has 2 aromatic carbocycles. The molecule has 0 bridgehead atoms. The minimum Gasteiger partial charge on any atom is -0.376 e. The van der Waals surface area contributed by atoms with Gasteiger partial charge in [0.05, 0.1) is 18.2 Å². The SMILES string of the molecule is Cc1ccc(C)c2[nH]c(=O)c([C@H](c3nnnn3C[C@H]3CCCO3)N3CCCc4ccccc43)cc12. The van der Waals surface area contributed by atoms with Crippen LogP contribution >= 0.6 is 0 Å². The summed E-state index contributed by atoms with van der Waals surface area (Å²) >= 11 is 0. The number of benzene rings is 2. The zero-order valence-corrected chi connectivity index (χ0v) is 20.2. The van der Waals surface area contributed by atoms with Crippen molar-refractivity contribution in [2.24, 2.45) is 0 Å². The molecule has 0 amide bonds. The molecular weight excluding hydrogens is 440 g/mol. The number of ether oxygens (including phenoxy) is 1. The van der Waals surface area contributed by atoms with Gasteiger partial charge in [0.1, 0.15) is 6.04 Å². The minimum atomic E-state index is -0.416. The van der Waals surface area contributed by atoms with E-state index in [0.29, 0.717) is 17.9 Å². The Bertz CT molecular complexity index is 1440. The highest BCUT2D eigenvalue weighted by Crippen LogP contribution is 2.37. The predicted octanol–water partition coefficient (Wildman–Crippen LogP) is 3.85. The van der Waals surface area contributed by atoms with Gasteiger partial charge in [-0.1, -0.05) is 30.3 Å². The number of nitrogens with one attached hydrogen (secondary N) is 1. The van der Waals surface area contributed by atoms with Crippen LogP contribution < -0.4 is 10.5 Å². The Morgan fingerprint density at radius 1 is 1.14 bits per heavy atom. The Kier molecular flexibility index (Phi) is 5.60. The van der Waals surface area contributed by atoms with Crippen molar-refractivity contribution < 1.29 is 4.74 Å². The number of rotatable bonds is 5. The molecule has 180 valence electrons. The number of nitrogens with zero attached hydrogens (tertiary/aromatic N) is 5. The lowest BCUT2D eigenvalue weighted by molar-refractivity contribution is 0.0924. The molecule has 0 radical (unpaired) electrons. The number of hydrogen-bond acceptors (Lipinski definition) is 6. The van der Waals surface area contributed by atoms with E-state index in [1.54, 1.807) is 0 Å². The number of tetrazole rings is 1. The van der Waals surface area contributed by atoms with Crippen molar-refractivity contribution in [3.63, 3.8) is 0 Å². The fraction of sp³-hybridized carbons (Fsp3) is 0.407. The number of hydrogen-bond donors (Lipinski definition) is 1. The number of aryl methyl sites for hydroxylation is 3. The van der Waals surface area contributed by atoms with Gasteiger partial charge in [-0.2, -0.15) is 0 Å². The summed E-state index contributed by atoms with van der Waals surface area (Å²) in [5, 5.41) is 13.9. The average molecular weight is 471 g/mol. The second-order valence-electron chi connectivity index (χ2n) is 9.72. The van der Waals surface area contributed by atoms with Crippen LogP contribution in [0.3, 0.4) is 0 Å². The number of anilines is 1. The number of fused-ring (bicyclic) bond motifs is 2. The van der Waals surface area contributed by atoms with Crippen LogP contribution in [0, 0.1) is 13.8 Å². The zero-order chi connectivity index (χ0) is 23.9. The largest absolute Gasteiger partial charge is 0.376 e. The van der Waals surface area contributed by atoms with E-state index in [0.717, 1.165) is 66.6 Å². The van der Waals surface area contributed by atoms with E-state index < -0.39 is 6.04 Å². The number of aromatic amines is 1. The summed E-state index contributed by atoms with van der Waals surface area (Å²) in [4.78, 5) is 19.1. The summed E-state index contributed by atoms with van der Waals surface area (Å²) in [5.74, 6) is 0.673. The Morgan fingerprint density at radius 3 is 2.86 bits per heavy atom. The van der Waals surface area contributed by atoms with E-state index in [1.807, 2.05) is 23.7 Å². The van der Waals surface area contributed by atoms with Crippen LogP contribution in [-0.4, -0.2) is 44.4 Å². The summed E-state index contributed by atoms with van der Waals surface area (Å²) in [6, 6.07) is 14.2. The van der Waals surface area contributed by atoms with Crippen molar-refractivity contribution in [3.8, 4) is 0 Å². The van der Waals surface area contributed by atoms with E-state index in [-0.39, 0.29) is 11.7 Å². The molecular formula is C27H30N6O2. The molecule has 6 rings (SSSR count). The summed E-state index contributed by atoms with van der Waals surface area (Å²) in [6.45, 7) is 6.28. The van der Waals surface area contributed by atoms with Gasteiger partial charge in [0, 0.05) is 29.8 Å². The molecule has 0 aliphatic carbocycles. The van der Waals surface area contributed by atoms with Crippen molar-refractivity contribution in [3.05, 3.63) is 80.9 Å². The molecule has 35 heavy (non-hydrogen) atoms. The molecule has 0 saturated carbocycles. The van der Waals surface area contributed by atoms with Gasteiger partial charge in [-0.15, -0.1) is 5.10 Å². The molecule has 2 atom stereocenters. The van der Waals surface area contributed by atoms with Crippen molar-refractivity contribution >= 4 is 16.6 Å². The van der Waals surface area contributed by atoms with Crippen LogP contribution in [-0.2, 0) is 17.7 Å². The van der Waals surface area contributed by atoms with Crippen LogP contribution in [0.25, 0.3) is 10.9 Å². The lowest BCUT2D eigenvalue weighted by Crippen LogP contribution is -2.39. The number of H-pyrrole nitrogens is 1. The summed E-state index contributed by atoms with van der Waals surface area (Å²) in [5.41, 5.74) is 6.03. The first-order valence-electron chi connectivity index (χ1n) is 12.5. The van der Waals surface area contributed by atoms with Crippen LogP contribution in [0.2, 0.25) is 0 Å². The third-order valence-corrected chi connectivity index (χ3v) is 7.43. The molecule has 8 heteroatoms. The van der Waals surface area contributed by atoms with Crippen molar-refractivity contribution in [2.45, 2.75) is 58.2 Å². The lowest BCUT2D eigenvalue weighted by Gasteiger charge is -2.37. The quantitative estimate of drug-likeness (QED) is 0.477. The monoisotopic (exact) mass is 470 g/mol. The van der Waals surface area contributed by atoms with Gasteiger partial charge < -0.3 is 14.6 Å². The molecule has 8 nitrogen and oxygen atoms in total. The first-order valence-corrected chi connectivity index (χ1v) is 12.5. The molecule has 2 aliphatic heterocycles. The van der Waals surface area contributed by atoms with Crippen molar-refractivity contribution in [2.75, 3.05) is 18.1 Å². The molecule has 4 heterocycles. The van der Waals surface area contributed by atoms with E-state index in [1.165, 1.54) is 5.56 Å². The topological polar surface area (TPSA) is 88.9 Å². The Labute approximate surface area is 203 Å². The number of para-hydroxylation sites is 1. The average Bonchev–Trinajstić information content (AvgIpc) is 3.55. The highest BCUT2D eigenvalue weighted by atomic mass is 16.5. The smallest absolute Gasteiger partial charge is 0.254 e. The van der Waals surface area contributed by atoms with Crippen molar-refractivity contribution in [1.29, 1.82) is 0 Å². The van der Waals surface area contributed by atoms with Crippen LogP contribution in [0.15, 0.2) is 47.3 Å². The summed E-state index contributed by atoms with van der Waals surface area (Å²) in [7, 11) is 0. The third-order valence-electron chi connectivity index (χ3n) is 7.43. The molecule has 4 aromatic rings. The molecule has 1 saturated heterocycles. The number of aromatic nitrogens is 5. The molecule has 2 aromatic heterocycles. The summed E-state index contributed by atoms with van der Waals surface area (Å²) < 4.78 is 7.72. The first-order chi connectivity index (χ1) is 17.1. The third kappa shape index (κ3) is 3.91. The molecule has 0 spiro atoms. The second kappa shape index (κ2) is 8.92. The predicted molar refractivity (Wildman–Crippen MR) is 135 cm³/mol. The zero-order valence-electron chi connectivity index (χ0n) is 20.2. The maximum absolute atomic E-state index is 13.7. The number of pyridine rings is 1. The van der Waals surface area contributed by atoms with Gasteiger partial charge in [-0.3, -0.25) is 4.79 Å². The van der Waals surface area contributed by atoms with Gasteiger partial charge in [-0.05, 0) is 78.8 Å². The highest BCUT2D eigenvalue weighted by molar-refractivity contribution is 5.85. The maximum Gasteiger partial charge on any atom is 0.254 e. The fourth-order valence-electron chi connectivity index (χ4n) is 5.59. The van der Waals surface area contributed by atoms with E-state index >= 15 is 0 Å². The fourth-order valence-corrected chi connectivity index (χ4v) is 5.59. The highest BCUT2D eigenvalue weighted by Gasteiger charge is 2.34. The lowest BCUT2D eigenvalue weighted by atomic mass is 9.95. The Balaban J connectivity index is 1.55. The van der Waals surface area contributed by atoms with Crippen LogP contribution in [0.1, 0.15) is 53.4 Å². The molecule has 0 unspecified atom stereocenters. The van der Waals surface area contributed by atoms with E-state index in [9.17, 15) is 4.79 Å². The van der Waals surface area contributed by atoms with Crippen LogP contribution in [0.4, 0.5) is 5.69 Å². The van der Waals surface area contributed by atoms with E-state index in [4.69, 9.17) is 4.74 Å². The van der Waals surface area contributed by atoms with Gasteiger partial charge in [0.25, 0.3) is 5.56 Å². The molecule has 1 fully saturated rings. The van der Waals surface area contributed by atoms with E-state index in [2.05, 4.69) is 62.7 Å². The molecule has 1 N–H and O–H groups in total. The van der Waals surface area contributed by atoms with Gasteiger partial charge in [0.15, 0.2) is 5.82 Å². The normalized spacial score (nSPS) is 18.7. The van der Waals surface area contributed by atoms with Gasteiger partial charge >= 0.3 is 0 Å². The van der Waals surface area contributed by atoms with Crippen molar-refractivity contribution in [1.82, 2.24) is 25.2 Å². The maximum atomic E-state index is 13.7. The van der Waals surface area contributed by atoms with Gasteiger partial charge in [-0.25, -0.2) is 4.68 Å². The second-order valence-corrected chi connectivity index (χ2v) is 9.72. The summed E-state index contributed by atoms with van der Waals surface area (Å²) in [6.07, 6.45) is 4.16. The first kappa shape index (κ1) is 22.0. The Morgan fingerprint density at radius 2 is 2.00 bits per heavy atom. The molecule has 2 aliphatic rings. The standard InChI is InChI=1S/C27H30N6O2/c1-17-11-12-18(2)24-21(17)15-22(27(34)28-24)25(32-13-5-8-19-7-3-4-10-23(19)32)26-29-30-31-33(26)16-20-9-6-14-35-20/h3-4,7,10-12,15,20,25H,5-6,8-9,13-14,16H2,1-2H3,(H,28,34)/t20-,25-/m1/s1.